The maximum absolute atomic E-state index is 4.55. The van der Waals surface area contributed by atoms with Gasteiger partial charge in [0.25, 0.3) is 0 Å². The zero-order chi connectivity index (χ0) is 17.6. The number of nitrogens with one attached hydrogen (secondary N) is 2. The summed E-state index contributed by atoms with van der Waals surface area (Å²) in [5, 5.41) is 10.4. The fraction of sp³-hybridized carbons (Fsp3) is 0.300. The summed E-state index contributed by atoms with van der Waals surface area (Å²) in [4.78, 5) is 10.1. The Hall–Kier alpha value is -2.40. The standard InChI is InChI=1S/C20H24N4S/c1-14-15(2)25-19(24-14)13-23-20(21-3)22-12-11-17-9-6-8-16-7-4-5-10-18(16)17/h4-10H,11-13H2,1-3H3,(H2,21,22,23). The number of aryl methyl sites for hydroxylation is 2. The normalized spacial score (nSPS) is 11.7. The molecule has 1 heterocycles. The number of nitrogens with zero attached hydrogens (tertiary/aromatic N) is 2. The van der Waals surface area contributed by atoms with Crippen LogP contribution in [-0.4, -0.2) is 24.5 Å². The lowest BCUT2D eigenvalue weighted by Crippen LogP contribution is -2.37. The van der Waals surface area contributed by atoms with Crippen molar-refractivity contribution in [3.63, 3.8) is 0 Å². The van der Waals surface area contributed by atoms with Gasteiger partial charge in [0.05, 0.1) is 12.2 Å². The average molecular weight is 353 g/mol. The van der Waals surface area contributed by atoms with Crippen LogP contribution in [0.15, 0.2) is 47.5 Å². The second kappa shape index (κ2) is 8.12. The third kappa shape index (κ3) is 4.37. The molecular formula is C20H24N4S. The van der Waals surface area contributed by atoms with Gasteiger partial charge in [-0.25, -0.2) is 4.98 Å². The molecule has 130 valence electrons. The monoisotopic (exact) mass is 352 g/mol. The third-order valence-corrected chi connectivity index (χ3v) is 5.34. The van der Waals surface area contributed by atoms with Crippen LogP contribution in [0.4, 0.5) is 0 Å². The maximum Gasteiger partial charge on any atom is 0.191 e. The van der Waals surface area contributed by atoms with E-state index >= 15 is 0 Å². The Morgan fingerprint density at radius 2 is 1.88 bits per heavy atom. The summed E-state index contributed by atoms with van der Waals surface area (Å²) in [7, 11) is 1.80. The topological polar surface area (TPSA) is 49.3 Å². The van der Waals surface area contributed by atoms with Crippen LogP contribution in [0.1, 0.15) is 21.1 Å². The number of aromatic nitrogens is 1. The number of hydrogen-bond acceptors (Lipinski definition) is 3. The highest BCUT2D eigenvalue weighted by Crippen LogP contribution is 2.18. The van der Waals surface area contributed by atoms with Crippen LogP contribution in [0, 0.1) is 13.8 Å². The molecule has 1 aromatic heterocycles. The Bertz CT molecular complexity index is 858. The van der Waals surface area contributed by atoms with Gasteiger partial charge in [0.2, 0.25) is 0 Å². The van der Waals surface area contributed by atoms with Crippen molar-refractivity contribution in [3.05, 3.63) is 63.6 Å². The van der Waals surface area contributed by atoms with E-state index in [4.69, 9.17) is 0 Å². The van der Waals surface area contributed by atoms with E-state index in [2.05, 4.69) is 70.0 Å². The van der Waals surface area contributed by atoms with Gasteiger partial charge in [0.15, 0.2) is 5.96 Å². The molecule has 0 aliphatic carbocycles. The maximum atomic E-state index is 4.55. The van der Waals surface area contributed by atoms with Crippen molar-refractivity contribution < 1.29 is 0 Å². The van der Waals surface area contributed by atoms with Crippen molar-refractivity contribution in [3.8, 4) is 0 Å². The molecule has 0 unspecified atom stereocenters. The molecule has 3 aromatic rings. The summed E-state index contributed by atoms with van der Waals surface area (Å²) in [6, 6.07) is 15.0. The lowest BCUT2D eigenvalue weighted by atomic mass is 10.0. The molecule has 0 fully saturated rings. The van der Waals surface area contributed by atoms with Gasteiger partial charge < -0.3 is 10.6 Å². The third-order valence-electron chi connectivity index (χ3n) is 4.27. The van der Waals surface area contributed by atoms with Gasteiger partial charge in [0.1, 0.15) is 5.01 Å². The second-order valence-corrected chi connectivity index (χ2v) is 7.28. The molecule has 0 aliphatic rings. The van der Waals surface area contributed by atoms with Crippen LogP contribution in [0.3, 0.4) is 0 Å². The van der Waals surface area contributed by atoms with Gasteiger partial charge >= 0.3 is 0 Å². The molecule has 0 saturated heterocycles. The molecule has 0 bridgehead atoms. The quantitative estimate of drug-likeness (QED) is 0.542. The SMILES string of the molecule is CN=C(NCCc1cccc2ccccc12)NCc1nc(C)c(C)s1. The number of fused-ring (bicyclic) bond motifs is 1. The van der Waals surface area contributed by atoms with Gasteiger partial charge in [-0.2, -0.15) is 0 Å². The Balaban J connectivity index is 1.54. The summed E-state index contributed by atoms with van der Waals surface area (Å²) in [5.41, 5.74) is 2.47. The highest BCUT2D eigenvalue weighted by atomic mass is 32.1. The van der Waals surface area contributed by atoms with Crippen LogP contribution in [-0.2, 0) is 13.0 Å². The van der Waals surface area contributed by atoms with E-state index in [0.29, 0.717) is 6.54 Å². The number of hydrogen-bond donors (Lipinski definition) is 2. The fourth-order valence-electron chi connectivity index (χ4n) is 2.82. The first kappa shape index (κ1) is 17.4. The van der Waals surface area contributed by atoms with Crippen LogP contribution in [0.5, 0.6) is 0 Å². The van der Waals surface area contributed by atoms with Crippen molar-refractivity contribution in [2.45, 2.75) is 26.8 Å². The van der Waals surface area contributed by atoms with Crippen molar-refractivity contribution in [2.24, 2.45) is 4.99 Å². The minimum atomic E-state index is 0.702. The van der Waals surface area contributed by atoms with Gasteiger partial charge in [-0.1, -0.05) is 42.5 Å². The molecule has 0 saturated carbocycles. The highest BCUT2D eigenvalue weighted by Gasteiger charge is 2.05. The summed E-state index contributed by atoms with van der Waals surface area (Å²) >= 11 is 1.73. The first-order valence-electron chi connectivity index (χ1n) is 8.51. The van der Waals surface area contributed by atoms with Crippen LogP contribution in [0.25, 0.3) is 10.8 Å². The van der Waals surface area contributed by atoms with Crippen molar-refractivity contribution in [2.75, 3.05) is 13.6 Å². The molecule has 2 aromatic carbocycles. The molecule has 0 amide bonds. The molecule has 0 aliphatic heterocycles. The summed E-state index contributed by atoms with van der Waals surface area (Å²) in [6.45, 7) is 5.69. The van der Waals surface area contributed by atoms with Crippen LogP contribution in [0.2, 0.25) is 0 Å². The molecule has 25 heavy (non-hydrogen) atoms. The first-order chi connectivity index (χ1) is 12.2. The summed E-state index contributed by atoms with van der Waals surface area (Å²) in [6.07, 6.45) is 0.956. The number of guanidine groups is 1. The Morgan fingerprint density at radius 1 is 1.08 bits per heavy atom. The predicted octanol–water partition coefficient (Wildman–Crippen LogP) is 3.82. The van der Waals surface area contributed by atoms with Crippen molar-refractivity contribution >= 4 is 28.1 Å². The minimum Gasteiger partial charge on any atom is -0.356 e. The van der Waals surface area contributed by atoms with E-state index in [-0.39, 0.29) is 0 Å². The fourth-order valence-corrected chi connectivity index (χ4v) is 3.69. The van der Waals surface area contributed by atoms with Crippen LogP contribution < -0.4 is 10.6 Å². The Kier molecular flexibility index (Phi) is 5.66. The van der Waals surface area contributed by atoms with Gasteiger partial charge in [-0.15, -0.1) is 11.3 Å². The molecule has 3 rings (SSSR count). The number of aliphatic imine (C=N–C) groups is 1. The Morgan fingerprint density at radius 3 is 2.64 bits per heavy atom. The van der Waals surface area contributed by atoms with Crippen molar-refractivity contribution in [1.29, 1.82) is 0 Å². The summed E-state index contributed by atoms with van der Waals surface area (Å²) in [5.74, 6) is 0.811. The van der Waals surface area contributed by atoms with Crippen LogP contribution >= 0.6 is 11.3 Å². The molecule has 5 heteroatoms. The smallest absolute Gasteiger partial charge is 0.191 e. The van der Waals surface area contributed by atoms with E-state index in [1.807, 2.05) is 6.92 Å². The van der Waals surface area contributed by atoms with E-state index in [1.54, 1.807) is 18.4 Å². The molecule has 0 radical (unpaired) electrons. The van der Waals surface area contributed by atoms with E-state index in [9.17, 15) is 0 Å². The largest absolute Gasteiger partial charge is 0.356 e. The number of thiazole rings is 1. The molecule has 4 nitrogen and oxygen atoms in total. The van der Waals surface area contributed by atoms with Gasteiger partial charge in [-0.05, 0) is 36.6 Å². The average Bonchev–Trinajstić information content (AvgIpc) is 2.96. The lowest BCUT2D eigenvalue weighted by Gasteiger charge is -2.12. The van der Waals surface area contributed by atoms with Crippen molar-refractivity contribution in [1.82, 2.24) is 15.6 Å². The Labute approximate surface area is 153 Å². The molecular weight excluding hydrogens is 328 g/mol. The zero-order valence-corrected chi connectivity index (χ0v) is 15.8. The zero-order valence-electron chi connectivity index (χ0n) is 15.0. The molecule has 0 atom stereocenters. The second-order valence-electron chi connectivity index (χ2n) is 5.99. The molecule has 0 spiro atoms. The van der Waals surface area contributed by atoms with E-state index in [1.165, 1.54) is 21.2 Å². The van der Waals surface area contributed by atoms with E-state index in [0.717, 1.165) is 29.6 Å². The number of benzene rings is 2. The highest BCUT2D eigenvalue weighted by molar-refractivity contribution is 7.11. The molecule has 2 N–H and O–H groups in total. The number of rotatable bonds is 5. The van der Waals surface area contributed by atoms with Gasteiger partial charge in [0, 0.05) is 18.5 Å². The minimum absolute atomic E-state index is 0.702. The van der Waals surface area contributed by atoms with Gasteiger partial charge in [-0.3, -0.25) is 4.99 Å². The van der Waals surface area contributed by atoms with E-state index < -0.39 is 0 Å². The lowest BCUT2D eigenvalue weighted by molar-refractivity contribution is 0.792. The summed E-state index contributed by atoms with van der Waals surface area (Å²) < 4.78 is 0. The first-order valence-corrected chi connectivity index (χ1v) is 9.33. The predicted molar refractivity (Wildman–Crippen MR) is 107 cm³/mol.